The molecule has 132 valence electrons. The number of hydrogen-bond donors (Lipinski definition) is 1. The Morgan fingerprint density at radius 3 is 2.64 bits per heavy atom. The number of carbonyl (C=O) groups is 1. The number of fused-ring (bicyclic) bond motifs is 1. The van der Waals surface area contributed by atoms with Crippen LogP contribution in [-0.2, 0) is 9.47 Å². The molecule has 1 heterocycles. The van der Waals surface area contributed by atoms with Gasteiger partial charge < -0.3 is 15.2 Å². The van der Waals surface area contributed by atoms with Crippen LogP contribution in [-0.4, -0.2) is 31.3 Å². The predicted octanol–water partition coefficient (Wildman–Crippen LogP) is 4.13. The highest BCUT2D eigenvalue weighted by molar-refractivity contribution is 7.17. The molecule has 2 aromatic rings. The monoisotopic (exact) mass is 357 g/mol. The van der Waals surface area contributed by atoms with E-state index in [1.165, 1.54) is 28.7 Å². The van der Waals surface area contributed by atoms with Crippen LogP contribution in [0.4, 0.5) is 0 Å². The molecule has 1 fully saturated rings. The molecule has 1 unspecified atom stereocenters. The average Bonchev–Trinajstić information content (AvgIpc) is 3.36. The minimum Gasteiger partial charge on any atom is -0.376 e. The van der Waals surface area contributed by atoms with Gasteiger partial charge in [0.25, 0.3) is 0 Å². The normalized spacial score (nSPS) is 20.6. The van der Waals surface area contributed by atoms with Crippen molar-refractivity contribution < 1.29 is 14.3 Å². The maximum atomic E-state index is 11.5. The zero-order valence-electron chi connectivity index (χ0n) is 14.2. The molecule has 0 bridgehead atoms. The van der Waals surface area contributed by atoms with Gasteiger partial charge in [0.1, 0.15) is 0 Å². The summed E-state index contributed by atoms with van der Waals surface area (Å²) >= 11 is 1.71. The summed E-state index contributed by atoms with van der Waals surface area (Å²) in [5.41, 5.74) is 8.58. The molecule has 25 heavy (non-hydrogen) atoms. The van der Waals surface area contributed by atoms with E-state index in [0.29, 0.717) is 24.9 Å². The van der Waals surface area contributed by atoms with Gasteiger partial charge in [-0.2, -0.15) is 0 Å². The molecule has 1 saturated carbocycles. The molecular formula is C20H23NO3S. The number of nitrogens with two attached hydrogens (primary N) is 1. The van der Waals surface area contributed by atoms with E-state index in [1.54, 1.807) is 17.4 Å². The summed E-state index contributed by atoms with van der Waals surface area (Å²) < 4.78 is 12.8. The van der Waals surface area contributed by atoms with E-state index < -0.39 is 0 Å². The van der Waals surface area contributed by atoms with Crippen molar-refractivity contribution in [3.05, 3.63) is 40.8 Å². The highest BCUT2D eigenvalue weighted by Gasteiger charge is 2.22. The Morgan fingerprint density at radius 2 is 1.96 bits per heavy atom. The Bertz CT molecular complexity index is 806. The Hall–Kier alpha value is -1.69. The molecule has 0 aliphatic heterocycles. The van der Waals surface area contributed by atoms with Crippen LogP contribution < -0.4 is 5.73 Å². The lowest BCUT2D eigenvalue weighted by Gasteiger charge is -2.22. The van der Waals surface area contributed by atoms with Gasteiger partial charge in [-0.25, -0.2) is 0 Å². The van der Waals surface area contributed by atoms with Crippen molar-refractivity contribution in [1.29, 1.82) is 0 Å². The second-order valence-electron chi connectivity index (χ2n) is 6.79. The number of thiophene rings is 1. The number of primary amides is 1. The molecule has 4 rings (SSSR count). The van der Waals surface area contributed by atoms with Crippen LogP contribution in [0.15, 0.2) is 29.7 Å². The summed E-state index contributed by atoms with van der Waals surface area (Å²) in [4.78, 5) is 11.5. The molecule has 0 saturated heterocycles. The first-order chi connectivity index (χ1) is 12.2. The number of ether oxygens (including phenoxy) is 2. The van der Waals surface area contributed by atoms with Crippen molar-refractivity contribution in [2.24, 2.45) is 5.73 Å². The molecule has 1 atom stereocenters. The summed E-state index contributed by atoms with van der Waals surface area (Å²) in [6, 6.07) is 5.70. The molecule has 2 aliphatic carbocycles. The summed E-state index contributed by atoms with van der Waals surface area (Å²) in [7, 11) is 0. The van der Waals surface area contributed by atoms with Gasteiger partial charge in [0, 0.05) is 15.6 Å². The Labute approximate surface area is 151 Å². The first-order valence-electron chi connectivity index (χ1n) is 8.94. The maximum absolute atomic E-state index is 11.5. The molecule has 4 nitrogen and oxygen atoms in total. The first-order valence-corrected chi connectivity index (χ1v) is 9.82. The summed E-state index contributed by atoms with van der Waals surface area (Å²) in [6.07, 6.45) is 8.46. The molecule has 1 amide bonds. The van der Waals surface area contributed by atoms with Gasteiger partial charge in [0.2, 0.25) is 5.91 Å². The van der Waals surface area contributed by atoms with E-state index in [0.717, 1.165) is 24.6 Å². The first kappa shape index (κ1) is 16.8. The zero-order chi connectivity index (χ0) is 17.2. The van der Waals surface area contributed by atoms with Crippen molar-refractivity contribution in [3.63, 3.8) is 0 Å². The van der Waals surface area contributed by atoms with Gasteiger partial charge in [-0.05, 0) is 66.8 Å². The quantitative estimate of drug-likeness (QED) is 0.758. The smallest absolute Gasteiger partial charge is 0.248 e. The summed E-state index contributed by atoms with van der Waals surface area (Å²) in [5, 5.41) is 3.32. The van der Waals surface area contributed by atoms with E-state index in [9.17, 15) is 4.79 Å². The highest BCUT2D eigenvalue weighted by Crippen LogP contribution is 2.36. The molecule has 0 spiro atoms. The van der Waals surface area contributed by atoms with Crippen molar-refractivity contribution in [1.82, 2.24) is 0 Å². The van der Waals surface area contributed by atoms with Crippen LogP contribution in [0.25, 0.3) is 15.7 Å². The minimum atomic E-state index is -0.376. The SMILES string of the molecule is NC(=O)c1ccc2scc(C3=CCC(OCCOC4CC4)CC3)c2c1. The van der Waals surface area contributed by atoms with Gasteiger partial charge in [-0.1, -0.05) is 6.08 Å². The number of benzene rings is 1. The van der Waals surface area contributed by atoms with Crippen molar-refractivity contribution >= 4 is 32.9 Å². The standard InChI is InChI=1S/C20H23NO3S/c21-20(22)14-3-8-19-17(11-14)18(12-25-19)13-1-4-15(5-2-13)23-9-10-24-16-6-7-16/h1,3,8,11-12,15-16H,2,4-7,9-10H2,(H2,21,22). The Kier molecular flexibility index (Phi) is 4.88. The van der Waals surface area contributed by atoms with Crippen LogP contribution in [0.2, 0.25) is 0 Å². The van der Waals surface area contributed by atoms with Gasteiger partial charge in [-0.3, -0.25) is 4.79 Å². The molecule has 2 aliphatic rings. The number of allylic oxidation sites excluding steroid dienone is 1. The van der Waals surface area contributed by atoms with Crippen LogP contribution in [0.1, 0.15) is 48.0 Å². The highest BCUT2D eigenvalue weighted by atomic mass is 32.1. The van der Waals surface area contributed by atoms with E-state index in [4.69, 9.17) is 15.2 Å². The molecule has 2 N–H and O–H groups in total. The topological polar surface area (TPSA) is 61.6 Å². The van der Waals surface area contributed by atoms with Crippen molar-refractivity contribution in [3.8, 4) is 0 Å². The average molecular weight is 357 g/mol. The zero-order valence-corrected chi connectivity index (χ0v) is 15.0. The molecule has 0 radical (unpaired) electrons. The van der Waals surface area contributed by atoms with Crippen molar-refractivity contribution in [2.75, 3.05) is 13.2 Å². The maximum Gasteiger partial charge on any atom is 0.248 e. The van der Waals surface area contributed by atoms with Gasteiger partial charge >= 0.3 is 0 Å². The number of carbonyl (C=O) groups excluding carboxylic acids is 1. The Balaban J connectivity index is 1.41. The lowest BCUT2D eigenvalue weighted by Crippen LogP contribution is -2.18. The number of amides is 1. The fourth-order valence-electron chi connectivity index (χ4n) is 3.30. The van der Waals surface area contributed by atoms with Crippen molar-refractivity contribution in [2.45, 2.75) is 44.3 Å². The third kappa shape index (κ3) is 3.94. The lowest BCUT2D eigenvalue weighted by molar-refractivity contribution is -0.00236. The third-order valence-electron chi connectivity index (χ3n) is 4.88. The van der Waals surface area contributed by atoms with Crippen LogP contribution >= 0.6 is 11.3 Å². The minimum absolute atomic E-state index is 0.289. The largest absolute Gasteiger partial charge is 0.376 e. The summed E-state index contributed by atoms with van der Waals surface area (Å²) in [6.45, 7) is 1.40. The summed E-state index contributed by atoms with van der Waals surface area (Å²) in [5.74, 6) is -0.376. The van der Waals surface area contributed by atoms with Gasteiger partial charge in [0.05, 0.1) is 25.4 Å². The van der Waals surface area contributed by atoms with Crippen LogP contribution in [0, 0.1) is 0 Å². The van der Waals surface area contributed by atoms with Crippen LogP contribution in [0.3, 0.4) is 0 Å². The second kappa shape index (κ2) is 7.28. The van der Waals surface area contributed by atoms with E-state index in [-0.39, 0.29) is 12.0 Å². The van der Waals surface area contributed by atoms with E-state index in [1.807, 2.05) is 12.1 Å². The second-order valence-corrected chi connectivity index (χ2v) is 7.70. The third-order valence-corrected chi connectivity index (χ3v) is 5.85. The Morgan fingerprint density at radius 1 is 1.16 bits per heavy atom. The van der Waals surface area contributed by atoms with E-state index in [2.05, 4.69) is 11.5 Å². The predicted molar refractivity (Wildman–Crippen MR) is 101 cm³/mol. The number of hydrogen-bond acceptors (Lipinski definition) is 4. The van der Waals surface area contributed by atoms with Gasteiger partial charge in [-0.15, -0.1) is 11.3 Å². The van der Waals surface area contributed by atoms with E-state index >= 15 is 0 Å². The fourth-order valence-corrected chi connectivity index (χ4v) is 4.27. The molecular weight excluding hydrogens is 334 g/mol. The van der Waals surface area contributed by atoms with Gasteiger partial charge in [0.15, 0.2) is 0 Å². The molecule has 1 aromatic heterocycles. The number of rotatable bonds is 7. The fraction of sp³-hybridized carbons (Fsp3) is 0.450. The molecule has 1 aromatic carbocycles. The molecule has 5 heteroatoms. The lowest BCUT2D eigenvalue weighted by atomic mass is 9.91. The van der Waals surface area contributed by atoms with Crippen LogP contribution in [0.5, 0.6) is 0 Å².